The first-order valence-electron chi connectivity index (χ1n) is 9.65. The van der Waals surface area contributed by atoms with Gasteiger partial charge in [-0.3, -0.25) is 14.6 Å². The van der Waals surface area contributed by atoms with Gasteiger partial charge in [0.05, 0.1) is 33.5 Å². The number of hydrogen-bond donors (Lipinski definition) is 0. The summed E-state index contributed by atoms with van der Waals surface area (Å²) in [6, 6.07) is 9.35. The van der Waals surface area contributed by atoms with Gasteiger partial charge in [-0.05, 0) is 36.8 Å². The molecule has 2 heterocycles. The molecule has 0 N–H and O–H groups in total. The molecule has 1 aliphatic rings. The minimum Gasteiger partial charge on any atom is -0.379 e. The smallest absolute Gasteiger partial charge is 0.261 e. The maximum absolute atomic E-state index is 13.5. The first-order chi connectivity index (χ1) is 14.5. The third kappa shape index (κ3) is 4.76. The normalized spacial score (nSPS) is 14.9. The molecule has 0 saturated carbocycles. The van der Waals surface area contributed by atoms with Gasteiger partial charge < -0.3 is 4.74 Å². The fraction of sp³-hybridized carbons (Fsp3) is 0.333. The summed E-state index contributed by atoms with van der Waals surface area (Å²) in [6.45, 7) is 4.52. The molecule has 0 aliphatic carbocycles. The third-order valence-corrected chi connectivity index (χ3v) is 6.62. The Labute approximate surface area is 188 Å². The second-order valence-electron chi connectivity index (χ2n) is 6.97. The van der Waals surface area contributed by atoms with Crippen molar-refractivity contribution in [2.45, 2.75) is 6.42 Å². The average Bonchev–Trinajstić information content (AvgIpc) is 3.17. The van der Waals surface area contributed by atoms with Crippen LogP contribution in [-0.2, 0) is 4.74 Å². The van der Waals surface area contributed by atoms with Crippen LogP contribution in [0.15, 0.2) is 36.4 Å². The average molecular weight is 468 g/mol. The van der Waals surface area contributed by atoms with Gasteiger partial charge in [-0.15, -0.1) is 0 Å². The van der Waals surface area contributed by atoms with E-state index < -0.39 is 5.82 Å². The Hall–Kier alpha value is -1.77. The fourth-order valence-electron chi connectivity index (χ4n) is 3.39. The van der Waals surface area contributed by atoms with E-state index in [0.29, 0.717) is 22.2 Å². The number of carbonyl (C=O) groups is 1. The number of hydrogen-bond acceptors (Lipinski definition) is 5. The number of anilines is 1. The summed E-state index contributed by atoms with van der Waals surface area (Å²) < 4.78 is 19.8. The summed E-state index contributed by atoms with van der Waals surface area (Å²) in [5.41, 5.74) is 0.908. The standard InChI is InChI=1S/C21H20Cl2FN3O2S/c22-16-3-1-4-18-19(16)25-21(30-18)27(8-2-7-26-9-11-29-12-10-26)20(28)15-6-5-14(24)13-17(15)23/h1,3-6,13H,2,7-12H2. The van der Waals surface area contributed by atoms with E-state index in [1.54, 1.807) is 11.0 Å². The van der Waals surface area contributed by atoms with Crippen molar-refractivity contribution in [1.82, 2.24) is 9.88 Å². The molecular formula is C21H20Cl2FN3O2S. The van der Waals surface area contributed by atoms with Crippen molar-refractivity contribution in [3.8, 4) is 0 Å². The molecule has 0 unspecified atom stereocenters. The molecule has 2 aromatic carbocycles. The van der Waals surface area contributed by atoms with E-state index in [4.69, 9.17) is 27.9 Å². The van der Waals surface area contributed by atoms with Gasteiger partial charge in [-0.2, -0.15) is 0 Å². The molecule has 9 heteroatoms. The molecule has 3 aromatic rings. The molecular weight excluding hydrogens is 448 g/mol. The topological polar surface area (TPSA) is 45.7 Å². The lowest BCUT2D eigenvalue weighted by atomic mass is 10.2. The number of thiazole rings is 1. The lowest BCUT2D eigenvalue weighted by molar-refractivity contribution is 0.0376. The summed E-state index contributed by atoms with van der Waals surface area (Å²) >= 11 is 13.8. The fourth-order valence-corrected chi connectivity index (χ4v) is 4.93. The van der Waals surface area contributed by atoms with Crippen LogP contribution in [0.25, 0.3) is 10.2 Å². The lowest BCUT2D eigenvalue weighted by Crippen LogP contribution is -2.39. The van der Waals surface area contributed by atoms with E-state index in [1.165, 1.54) is 23.5 Å². The molecule has 0 radical (unpaired) electrons. The Morgan fingerprint density at radius 1 is 1.20 bits per heavy atom. The number of carbonyl (C=O) groups excluding carboxylic acids is 1. The Bertz CT molecular complexity index is 1060. The molecule has 1 aliphatic heterocycles. The Morgan fingerprint density at radius 3 is 2.73 bits per heavy atom. The van der Waals surface area contributed by atoms with Gasteiger partial charge in [-0.25, -0.2) is 9.37 Å². The number of amides is 1. The van der Waals surface area contributed by atoms with Crippen LogP contribution >= 0.6 is 34.5 Å². The van der Waals surface area contributed by atoms with Crippen molar-refractivity contribution >= 4 is 55.8 Å². The van der Waals surface area contributed by atoms with Gasteiger partial charge in [0, 0.05) is 26.2 Å². The zero-order chi connectivity index (χ0) is 21.1. The maximum Gasteiger partial charge on any atom is 0.261 e. The molecule has 5 nitrogen and oxygen atoms in total. The van der Waals surface area contributed by atoms with Gasteiger partial charge in [0.25, 0.3) is 5.91 Å². The molecule has 1 aromatic heterocycles. The maximum atomic E-state index is 13.5. The van der Waals surface area contributed by atoms with Crippen molar-refractivity contribution in [2.24, 2.45) is 0 Å². The highest BCUT2D eigenvalue weighted by Gasteiger charge is 2.24. The van der Waals surface area contributed by atoms with Crippen LogP contribution in [0, 0.1) is 5.82 Å². The first-order valence-corrected chi connectivity index (χ1v) is 11.2. The largest absolute Gasteiger partial charge is 0.379 e. The van der Waals surface area contributed by atoms with Crippen LogP contribution in [0.3, 0.4) is 0 Å². The lowest BCUT2D eigenvalue weighted by Gasteiger charge is -2.27. The molecule has 158 valence electrons. The van der Waals surface area contributed by atoms with E-state index in [-0.39, 0.29) is 16.5 Å². The number of aromatic nitrogens is 1. The van der Waals surface area contributed by atoms with E-state index in [9.17, 15) is 9.18 Å². The number of rotatable bonds is 6. The zero-order valence-electron chi connectivity index (χ0n) is 16.1. The number of morpholine rings is 1. The van der Waals surface area contributed by atoms with Gasteiger partial charge in [0.15, 0.2) is 5.13 Å². The summed E-state index contributed by atoms with van der Waals surface area (Å²) in [4.78, 5) is 21.9. The highest BCUT2D eigenvalue weighted by Crippen LogP contribution is 2.34. The third-order valence-electron chi connectivity index (χ3n) is 4.96. The summed E-state index contributed by atoms with van der Waals surface area (Å²) in [5, 5.41) is 1.17. The van der Waals surface area contributed by atoms with Crippen LogP contribution in [0.2, 0.25) is 10.0 Å². The van der Waals surface area contributed by atoms with Crippen LogP contribution < -0.4 is 4.90 Å². The molecule has 0 bridgehead atoms. The van der Waals surface area contributed by atoms with Gasteiger partial charge in [0.1, 0.15) is 11.3 Å². The summed E-state index contributed by atoms with van der Waals surface area (Å²) in [7, 11) is 0. The second kappa shape index (κ2) is 9.58. The monoisotopic (exact) mass is 467 g/mol. The van der Waals surface area contributed by atoms with Crippen molar-refractivity contribution in [2.75, 3.05) is 44.3 Å². The number of benzene rings is 2. The molecule has 4 rings (SSSR count). The Balaban J connectivity index is 1.61. The highest BCUT2D eigenvalue weighted by molar-refractivity contribution is 7.22. The zero-order valence-corrected chi connectivity index (χ0v) is 18.4. The Morgan fingerprint density at radius 2 is 2.00 bits per heavy atom. The van der Waals surface area contributed by atoms with Crippen LogP contribution in [0.4, 0.5) is 9.52 Å². The van der Waals surface area contributed by atoms with E-state index in [1.807, 2.05) is 12.1 Å². The van der Waals surface area contributed by atoms with Crippen molar-refractivity contribution < 1.29 is 13.9 Å². The molecule has 0 spiro atoms. The SMILES string of the molecule is O=C(c1ccc(F)cc1Cl)N(CCCN1CCOCC1)c1nc2c(Cl)cccc2s1. The quantitative estimate of drug-likeness (QED) is 0.505. The minimum absolute atomic E-state index is 0.0809. The Kier molecular flexibility index (Phi) is 6.85. The predicted octanol–water partition coefficient (Wildman–Crippen LogP) is 5.11. The van der Waals surface area contributed by atoms with Crippen molar-refractivity contribution in [1.29, 1.82) is 0 Å². The summed E-state index contributed by atoms with van der Waals surface area (Å²) in [5.74, 6) is -0.792. The molecule has 1 fully saturated rings. The molecule has 0 atom stereocenters. The van der Waals surface area contributed by atoms with Gasteiger partial charge in [-0.1, -0.05) is 40.6 Å². The van der Waals surface area contributed by atoms with Gasteiger partial charge >= 0.3 is 0 Å². The van der Waals surface area contributed by atoms with Crippen molar-refractivity contribution in [3.63, 3.8) is 0 Å². The number of fused-ring (bicyclic) bond motifs is 1. The predicted molar refractivity (Wildman–Crippen MR) is 120 cm³/mol. The molecule has 1 amide bonds. The number of nitrogens with zero attached hydrogens (tertiary/aromatic N) is 3. The van der Waals surface area contributed by atoms with Gasteiger partial charge in [0.2, 0.25) is 0 Å². The highest BCUT2D eigenvalue weighted by atomic mass is 35.5. The minimum atomic E-state index is -0.484. The van der Waals surface area contributed by atoms with Crippen LogP contribution in [-0.4, -0.2) is 55.2 Å². The number of ether oxygens (including phenoxy) is 1. The first kappa shape index (κ1) is 21.5. The van der Waals surface area contributed by atoms with Crippen LogP contribution in [0.5, 0.6) is 0 Å². The molecule has 30 heavy (non-hydrogen) atoms. The molecule has 1 saturated heterocycles. The number of halogens is 3. The van der Waals surface area contributed by atoms with Crippen LogP contribution in [0.1, 0.15) is 16.8 Å². The van der Waals surface area contributed by atoms with E-state index >= 15 is 0 Å². The van der Waals surface area contributed by atoms with E-state index in [0.717, 1.165) is 50.0 Å². The van der Waals surface area contributed by atoms with E-state index in [2.05, 4.69) is 9.88 Å². The summed E-state index contributed by atoms with van der Waals surface area (Å²) in [6.07, 6.45) is 0.758. The number of para-hydroxylation sites is 1. The second-order valence-corrected chi connectivity index (χ2v) is 8.80. The van der Waals surface area contributed by atoms with Crippen molar-refractivity contribution in [3.05, 3.63) is 57.8 Å².